The SMILES string of the molecule is Cc1cc(-c2ncccc2NC(=O)N2CCC(Cn3ccnn3)CC2)cs1. The van der Waals surface area contributed by atoms with E-state index >= 15 is 0 Å². The van der Waals surface area contributed by atoms with Crippen molar-refractivity contribution in [1.29, 1.82) is 0 Å². The fraction of sp³-hybridized carbons (Fsp3) is 0.368. The highest BCUT2D eigenvalue weighted by molar-refractivity contribution is 7.10. The van der Waals surface area contributed by atoms with Crippen LogP contribution >= 0.6 is 11.3 Å². The number of pyridine rings is 1. The zero-order valence-electron chi connectivity index (χ0n) is 15.2. The molecule has 1 saturated heterocycles. The molecule has 0 atom stereocenters. The minimum atomic E-state index is -0.0598. The number of piperidine rings is 1. The Kier molecular flexibility index (Phi) is 5.15. The molecule has 2 amide bonds. The second kappa shape index (κ2) is 7.87. The van der Waals surface area contributed by atoms with E-state index in [1.807, 2.05) is 27.9 Å². The van der Waals surface area contributed by atoms with Crippen LogP contribution in [0.15, 0.2) is 42.2 Å². The Morgan fingerprint density at radius 1 is 1.33 bits per heavy atom. The van der Waals surface area contributed by atoms with Crippen molar-refractivity contribution >= 4 is 23.1 Å². The highest BCUT2D eigenvalue weighted by Gasteiger charge is 2.24. The van der Waals surface area contributed by atoms with Crippen molar-refractivity contribution in [1.82, 2.24) is 24.9 Å². The van der Waals surface area contributed by atoms with Crippen LogP contribution in [0.2, 0.25) is 0 Å². The number of carbonyl (C=O) groups is 1. The van der Waals surface area contributed by atoms with E-state index < -0.39 is 0 Å². The van der Waals surface area contributed by atoms with E-state index in [0.717, 1.165) is 49.4 Å². The van der Waals surface area contributed by atoms with Crippen molar-refractivity contribution in [2.24, 2.45) is 5.92 Å². The molecule has 0 bridgehead atoms. The molecule has 140 valence electrons. The second-order valence-electron chi connectivity index (χ2n) is 6.83. The lowest BCUT2D eigenvalue weighted by Crippen LogP contribution is -2.41. The Balaban J connectivity index is 1.38. The zero-order chi connectivity index (χ0) is 18.6. The molecule has 27 heavy (non-hydrogen) atoms. The van der Waals surface area contributed by atoms with Gasteiger partial charge in [-0.3, -0.25) is 9.67 Å². The number of hydrogen-bond donors (Lipinski definition) is 1. The molecule has 0 spiro atoms. The van der Waals surface area contributed by atoms with Gasteiger partial charge in [0.1, 0.15) is 0 Å². The summed E-state index contributed by atoms with van der Waals surface area (Å²) in [5, 5.41) is 13.0. The molecule has 1 fully saturated rings. The molecular formula is C19H22N6OS. The van der Waals surface area contributed by atoms with E-state index in [1.54, 1.807) is 23.7 Å². The maximum absolute atomic E-state index is 12.7. The van der Waals surface area contributed by atoms with Crippen molar-refractivity contribution in [2.45, 2.75) is 26.3 Å². The third-order valence-electron chi connectivity index (χ3n) is 4.87. The predicted molar refractivity (Wildman–Crippen MR) is 106 cm³/mol. The first kappa shape index (κ1) is 17.7. The van der Waals surface area contributed by atoms with Crippen LogP contribution in [0.1, 0.15) is 17.7 Å². The molecule has 7 nitrogen and oxygen atoms in total. The van der Waals surface area contributed by atoms with Crippen LogP contribution in [-0.2, 0) is 6.54 Å². The highest BCUT2D eigenvalue weighted by Crippen LogP contribution is 2.29. The summed E-state index contributed by atoms with van der Waals surface area (Å²) in [6, 6.07) is 5.79. The Morgan fingerprint density at radius 3 is 2.89 bits per heavy atom. The van der Waals surface area contributed by atoms with Crippen LogP contribution in [0.4, 0.5) is 10.5 Å². The summed E-state index contributed by atoms with van der Waals surface area (Å²) < 4.78 is 1.87. The monoisotopic (exact) mass is 382 g/mol. The summed E-state index contributed by atoms with van der Waals surface area (Å²) in [6.45, 7) is 4.43. The predicted octanol–water partition coefficient (Wildman–Crippen LogP) is 3.65. The number of likely N-dealkylation sites (tertiary alicyclic amines) is 1. The molecule has 4 rings (SSSR count). The van der Waals surface area contributed by atoms with Crippen LogP contribution in [0.5, 0.6) is 0 Å². The van der Waals surface area contributed by atoms with Crippen LogP contribution in [0.3, 0.4) is 0 Å². The Morgan fingerprint density at radius 2 is 2.19 bits per heavy atom. The van der Waals surface area contributed by atoms with Crippen molar-refractivity contribution in [3.63, 3.8) is 0 Å². The van der Waals surface area contributed by atoms with Gasteiger partial charge >= 0.3 is 6.03 Å². The molecule has 1 N–H and O–H groups in total. The normalized spacial score (nSPS) is 15.1. The summed E-state index contributed by atoms with van der Waals surface area (Å²) in [5.41, 5.74) is 2.61. The Hall–Kier alpha value is -2.74. The van der Waals surface area contributed by atoms with Gasteiger partial charge < -0.3 is 10.2 Å². The summed E-state index contributed by atoms with van der Waals surface area (Å²) in [6.07, 6.45) is 7.28. The number of rotatable bonds is 4. The standard InChI is InChI=1S/C19H22N6OS/c1-14-11-16(13-27-14)18-17(3-2-6-20-18)22-19(26)24-8-4-15(5-9-24)12-25-10-7-21-23-25/h2-3,6-7,10-11,13,15H,4-5,8-9,12H2,1H3,(H,22,26). The van der Waals surface area contributed by atoms with Gasteiger partial charge in [-0.05, 0) is 43.9 Å². The first-order valence-corrected chi connectivity index (χ1v) is 9.97. The number of thiophene rings is 1. The first-order valence-electron chi connectivity index (χ1n) is 9.09. The fourth-order valence-electron chi connectivity index (χ4n) is 3.41. The maximum atomic E-state index is 12.7. The molecule has 0 aromatic carbocycles. The smallest absolute Gasteiger partial charge is 0.321 e. The summed E-state index contributed by atoms with van der Waals surface area (Å²) >= 11 is 1.68. The minimum absolute atomic E-state index is 0.0598. The van der Waals surface area contributed by atoms with Crippen molar-refractivity contribution < 1.29 is 4.79 Å². The molecular weight excluding hydrogens is 360 g/mol. The van der Waals surface area contributed by atoms with Gasteiger partial charge in [0.2, 0.25) is 0 Å². The quantitative estimate of drug-likeness (QED) is 0.747. The van der Waals surface area contributed by atoms with Gasteiger partial charge in [-0.15, -0.1) is 16.4 Å². The summed E-state index contributed by atoms with van der Waals surface area (Å²) in [5.74, 6) is 0.526. The molecule has 0 radical (unpaired) electrons. The molecule has 4 heterocycles. The number of aromatic nitrogens is 4. The van der Waals surface area contributed by atoms with Gasteiger partial charge in [0.15, 0.2) is 0 Å². The largest absolute Gasteiger partial charge is 0.325 e. The van der Waals surface area contributed by atoms with E-state index in [-0.39, 0.29) is 6.03 Å². The Bertz CT molecular complexity index is 899. The minimum Gasteiger partial charge on any atom is -0.325 e. The number of urea groups is 1. The topological polar surface area (TPSA) is 75.9 Å². The van der Waals surface area contributed by atoms with E-state index in [0.29, 0.717) is 5.92 Å². The van der Waals surface area contributed by atoms with Crippen LogP contribution < -0.4 is 5.32 Å². The van der Waals surface area contributed by atoms with Crippen molar-refractivity contribution in [3.05, 3.63) is 47.0 Å². The number of nitrogens with one attached hydrogen (secondary N) is 1. The third-order valence-corrected chi connectivity index (χ3v) is 5.73. The molecule has 1 aliphatic rings. The third kappa shape index (κ3) is 4.16. The Labute approximate surface area is 162 Å². The zero-order valence-corrected chi connectivity index (χ0v) is 16.0. The lowest BCUT2D eigenvalue weighted by molar-refractivity contribution is 0.175. The highest BCUT2D eigenvalue weighted by atomic mass is 32.1. The molecule has 1 aliphatic heterocycles. The van der Waals surface area contributed by atoms with Crippen molar-refractivity contribution in [2.75, 3.05) is 18.4 Å². The second-order valence-corrected chi connectivity index (χ2v) is 7.95. The van der Waals surface area contributed by atoms with Gasteiger partial charge in [-0.2, -0.15) is 0 Å². The van der Waals surface area contributed by atoms with Crippen LogP contribution in [0.25, 0.3) is 11.3 Å². The molecule has 3 aromatic heterocycles. The number of amides is 2. The van der Waals surface area contributed by atoms with Gasteiger partial charge in [-0.25, -0.2) is 4.79 Å². The number of hydrogen-bond acceptors (Lipinski definition) is 5. The van der Waals surface area contributed by atoms with Gasteiger partial charge in [0.05, 0.1) is 17.6 Å². The summed E-state index contributed by atoms with van der Waals surface area (Å²) in [7, 11) is 0. The number of anilines is 1. The summed E-state index contributed by atoms with van der Waals surface area (Å²) in [4.78, 5) is 20.3. The number of nitrogens with zero attached hydrogens (tertiary/aromatic N) is 5. The molecule has 0 unspecified atom stereocenters. The average molecular weight is 382 g/mol. The number of aryl methyl sites for hydroxylation is 1. The van der Waals surface area contributed by atoms with E-state index in [9.17, 15) is 4.79 Å². The van der Waals surface area contributed by atoms with E-state index in [1.165, 1.54) is 4.88 Å². The fourth-order valence-corrected chi connectivity index (χ4v) is 4.10. The van der Waals surface area contributed by atoms with Crippen LogP contribution in [0, 0.1) is 12.8 Å². The molecule has 0 aliphatic carbocycles. The number of carbonyl (C=O) groups excluding carboxylic acids is 1. The van der Waals surface area contributed by atoms with Gasteiger partial charge in [0.25, 0.3) is 0 Å². The lowest BCUT2D eigenvalue weighted by Gasteiger charge is -2.32. The lowest BCUT2D eigenvalue weighted by atomic mass is 9.97. The van der Waals surface area contributed by atoms with Crippen LogP contribution in [-0.4, -0.2) is 44.0 Å². The average Bonchev–Trinajstić information content (AvgIpc) is 3.34. The molecule has 0 saturated carbocycles. The van der Waals surface area contributed by atoms with Gasteiger partial charge in [-0.1, -0.05) is 5.21 Å². The molecule has 3 aromatic rings. The maximum Gasteiger partial charge on any atom is 0.321 e. The van der Waals surface area contributed by atoms with E-state index in [4.69, 9.17) is 0 Å². The van der Waals surface area contributed by atoms with Gasteiger partial charge in [0, 0.05) is 47.8 Å². The first-order chi connectivity index (χ1) is 13.2. The van der Waals surface area contributed by atoms with Crippen molar-refractivity contribution in [3.8, 4) is 11.3 Å². The molecule has 8 heteroatoms. The van der Waals surface area contributed by atoms with E-state index in [2.05, 4.69) is 39.0 Å².